The van der Waals surface area contributed by atoms with Crippen LogP contribution in [0.25, 0.3) is 26.8 Å². The summed E-state index contributed by atoms with van der Waals surface area (Å²) < 4.78 is 4.88. The van der Waals surface area contributed by atoms with Gasteiger partial charge in [-0.05, 0) is 12.1 Å². The minimum Gasteiger partial charge on any atom is -0.458 e. The molecule has 0 saturated heterocycles. The third-order valence-electron chi connectivity index (χ3n) is 3.41. The first-order chi connectivity index (χ1) is 11.1. The van der Waals surface area contributed by atoms with Crippen molar-refractivity contribution >= 4 is 33.5 Å². The summed E-state index contributed by atoms with van der Waals surface area (Å²) in [5.41, 5.74) is 2.01. The summed E-state index contributed by atoms with van der Waals surface area (Å²) in [6.45, 7) is -0.800. The smallest absolute Gasteiger partial charge is 0.385 e. The van der Waals surface area contributed by atoms with Gasteiger partial charge in [-0.3, -0.25) is 0 Å². The maximum Gasteiger partial charge on any atom is 0.385 e. The number of ether oxygens (including phenoxy) is 1. The van der Waals surface area contributed by atoms with Crippen molar-refractivity contribution in [3.63, 3.8) is 0 Å². The Hall–Kier alpha value is -3.02. The number of aromatic amines is 1. The average Bonchev–Trinajstić information content (AvgIpc) is 2.96. The summed E-state index contributed by atoms with van der Waals surface area (Å²) in [5.74, 6) is -0.697. The van der Waals surface area contributed by atoms with Crippen molar-refractivity contribution in [1.29, 1.82) is 5.39 Å². The van der Waals surface area contributed by atoms with E-state index in [-0.39, 0.29) is 12.3 Å². The number of rotatable bonds is 4. The molecule has 0 saturated carbocycles. The Kier molecular flexibility index (Phi) is 3.89. The molecule has 0 spiro atoms. The van der Waals surface area contributed by atoms with Crippen LogP contribution in [0.3, 0.4) is 0 Å². The number of nitrogens with one attached hydrogen (secondary N) is 1. The van der Waals surface area contributed by atoms with Gasteiger partial charge in [0.25, 0.3) is 0 Å². The molecule has 0 aliphatic rings. The van der Waals surface area contributed by atoms with Crippen LogP contribution in [0, 0.1) is 5.39 Å². The molecule has 0 amide bonds. The number of pyridine rings is 1. The fraction of sp³-hybridized carbons (Fsp3) is 0.200. The molecular formula is C15H13N4O4+. The maximum absolute atomic E-state index is 11.9. The molecule has 116 valence electrons. The molecule has 1 unspecified atom stereocenters. The largest absolute Gasteiger partial charge is 0.458 e. The molecule has 0 aliphatic carbocycles. The van der Waals surface area contributed by atoms with Crippen molar-refractivity contribution in [3.05, 3.63) is 41.1 Å². The molecule has 1 atom stereocenters. The Labute approximate surface area is 130 Å². The molecule has 3 rings (SSSR count). The van der Waals surface area contributed by atoms with Crippen LogP contribution < -0.4 is 0 Å². The minimum atomic E-state index is -1.12. The average molecular weight is 313 g/mol. The van der Waals surface area contributed by atoms with Crippen LogP contribution >= 0.6 is 0 Å². The molecule has 2 aromatic heterocycles. The number of aliphatic hydroxyl groups is 2. The van der Waals surface area contributed by atoms with Crippen molar-refractivity contribution in [1.82, 2.24) is 9.97 Å². The SMILES string of the molecule is N#[N+]c1ccc2[nH]c3cnc(C(=O)OCC(O)CO)cc3c2c1. The number of hydrogen-bond donors (Lipinski definition) is 3. The van der Waals surface area contributed by atoms with Crippen LogP contribution in [0.1, 0.15) is 10.5 Å². The van der Waals surface area contributed by atoms with E-state index in [4.69, 9.17) is 15.2 Å². The van der Waals surface area contributed by atoms with Gasteiger partial charge in [0, 0.05) is 28.4 Å². The standard InChI is InChI=1S/C15H12N4O4/c16-19-8-1-2-12-10(3-8)11-4-13(17-5-14(11)18-12)15(22)23-7-9(21)6-20/h1-5,9,20-21H,6-7H2/p+1. The van der Waals surface area contributed by atoms with Gasteiger partial charge in [0.15, 0.2) is 4.98 Å². The number of carbonyl (C=O) groups is 1. The van der Waals surface area contributed by atoms with E-state index >= 15 is 0 Å². The molecule has 0 bridgehead atoms. The molecule has 0 aliphatic heterocycles. The second kappa shape index (κ2) is 6.00. The third kappa shape index (κ3) is 2.83. The number of esters is 1. The molecule has 2 heterocycles. The predicted octanol–water partition coefficient (Wildman–Crippen LogP) is 1.71. The molecule has 3 aromatic rings. The van der Waals surface area contributed by atoms with Crippen molar-refractivity contribution in [2.75, 3.05) is 13.2 Å². The summed E-state index contributed by atoms with van der Waals surface area (Å²) in [6.07, 6.45) is 0.383. The number of carbonyl (C=O) groups excluding carboxylic acids is 1. The quantitative estimate of drug-likeness (QED) is 0.497. The predicted molar refractivity (Wildman–Crippen MR) is 81.7 cm³/mol. The van der Waals surface area contributed by atoms with Gasteiger partial charge in [-0.15, -0.1) is 0 Å². The molecule has 0 fully saturated rings. The van der Waals surface area contributed by atoms with Crippen LogP contribution in [-0.2, 0) is 4.74 Å². The van der Waals surface area contributed by atoms with Crippen molar-refractivity contribution < 1.29 is 19.7 Å². The highest BCUT2D eigenvalue weighted by Gasteiger charge is 2.15. The molecular weight excluding hydrogens is 300 g/mol. The normalized spacial score (nSPS) is 12.2. The number of aromatic nitrogens is 2. The van der Waals surface area contributed by atoms with Gasteiger partial charge < -0.3 is 19.9 Å². The monoisotopic (exact) mass is 313 g/mol. The second-order valence-electron chi connectivity index (χ2n) is 5.00. The topological polar surface area (TPSA) is 124 Å². The molecule has 8 heteroatoms. The Balaban J connectivity index is 1.98. The first-order valence-electron chi connectivity index (χ1n) is 6.85. The molecule has 0 radical (unpaired) electrons. The maximum atomic E-state index is 11.9. The zero-order valence-electron chi connectivity index (χ0n) is 11.9. The zero-order valence-corrected chi connectivity index (χ0v) is 11.9. The van der Waals surface area contributed by atoms with Crippen LogP contribution in [0.2, 0.25) is 0 Å². The molecule has 23 heavy (non-hydrogen) atoms. The van der Waals surface area contributed by atoms with Crippen molar-refractivity contribution in [3.8, 4) is 0 Å². The van der Waals surface area contributed by atoms with Crippen molar-refractivity contribution in [2.45, 2.75) is 6.10 Å². The number of benzene rings is 1. The fourth-order valence-corrected chi connectivity index (χ4v) is 2.26. The van der Waals surface area contributed by atoms with E-state index in [2.05, 4.69) is 14.9 Å². The highest BCUT2D eigenvalue weighted by atomic mass is 16.5. The van der Waals surface area contributed by atoms with Gasteiger partial charge in [-0.2, -0.15) is 0 Å². The first kappa shape index (κ1) is 14.9. The summed E-state index contributed by atoms with van der Waals surface area (Å²) in [4.78, 5) is 22.3. The summed E-state index contributed by atoms with van der Waals surface area (Å²) in [7, 11) is 0. The number of nitrogens with zero attached hydrogens (tertiary/aromatic N) is 3. The van der Waals surface area contributed by atoms with E-state index < -0.39 is 18.7 Å². The number of diazo groups is 1. The van der Waals surface area contributed by atoms with Crippen LogP contribution in [0.15, 0.2) is 30.5 Å². The van der Waals surface area contributed by atoms with Gasteiger partial charge in [-0.25, -0.2) is 9.78 Å². The van der Waals surface area contributed by atoms with E-state index in [0.717, 1.165) is 21.8 Å². The second-order valence-corrected chi connectivity index (χ2v) is 5.00. The van der Waals surface area contributed by atoms with Crippen molar-refractivity contribution in [2.24, 2.45) is 0 Å². The lowest BCUT2D eigenvalue weighted by Gasteiger charge is -2.07. The summed E-state index contributed by atoms with van der Waals surface area (Å²) >= 11 is 0. The van der Waals surface area contributed by atoms with Gasteiger partial charge in [0.2, 0.25) is 5.39 Å². The molecule has 8 nitrogen and oxygen atoms in total. The lowest BCUT2D eigenvalue weighted by atomic mass is 10.1. The zero-order chi connectivity index (χ0) is 16.4. The Bertz CT molecular complexity index is 928. The lowest BCUT2D eigenvalue weighted by Crippen LogP contribution is -2.22. The summed E-state index contributed by atoms with van der Waals surface area (Å²) in [6, 6.07) is 6.65. The van der Waals surface area contributed by atoms with Crippen LogP contribution in [-0.4, -0.2) is 45.5 Å². The first-order valence-corrected chi connectivity index (χ1v) is 6.85. The number of aliphatic hydroxyl groups excluding tert-OH is 2. The third-order valence-corrected chi connectivity index (χ3v) is 3.41. The Morgan fingerprint density at radius 3 is 2.87 bits per heavy atom. The van der Waals surface area contributed by atoms with Gasteiger partial charge in [-0.1, -0.05) is 0 Å². The fourth-order valence-electron chi connectivity index (χ4n) is 2.26. The number of hydrogen-bond acceptors (Lipinski definition) is 6. The summed E-state index contributed by atoms with van der Waals surface area (Å²) in [5, 5.41) is 28.3. The highest BCUT2D eigenvalue weighted by Crippen LogP contribution is 2.29. The van der Waals surface area contributed by atoms with E-state index in [1.807, 2.05) is 0 Å². The van der Waals surface area contributed by atoms with E-state index in [1.165, 1.54) is 6.20 Å². The minimum absolute atomic E-state index is 0.0786. The Morgan fingerprint density at radius 1 is 1.35 bits per heavy atom. The Morgan fingerprint density at radius 2 is 2.13 bits per heavy atom. The number of fused-ring (bicyclic) bond motifs is 3. The number of H-pyrrole nitrogens is 1. The van der Waals surface area contributed by atoms with E-state index in [1.54, 1.807) is 24.3 Å². The van der Waals surface area contributed by atoms with E-state index in [9.17, 15) is 9.90 Å². The van der Waals surface area contributed by atoms with Crippen LogP contribution in [0.4, 0.5) is 5.69 Å². The van der Waals surface area contributed by atoms with Gasteiger partial charge in [0.05, 0.1) is 18.3 Å². The van der Waals surface area contributed by atoms with Crippen LogP contribution in [0.5, 0.6) is 0 Å². The molecule has 3 N–H and O–H groups in total. The van der Waals surface area contributed by atoms with Gasteiger partial charge >= 0.3 is 11.7 Å². The highest BCUT2D eigenvalue weighted by molar-refractivity contribution is 6.09. The van der Waals surface area contributed by atoms with Gasteiger partial charge in [0.1, 0.15) is 18.4 Å². The van der Waals surface area contributed by atoms with E-state index in [0.29, 0.717) is 5.69 Å². The molecule has 1 aromatic carbocycles. The lowest BCUT2D eigenvalue weighted by molar-refractivity contribution is 0.00890.